The van der Waals surface area contributed by atoms with Gasteiger partial charge in [0.2, 0.25) is 0 Å². The van der Waals surface area contributed by atoms with Crippen molar-refractivity contribution in [3.05, 3.63) is 0 Å². The van der Waals surface area contributed by atoms with Gasteiger partial charge in [-0.25, -0.2) is 9.59 Å². The van der Waals surface area contributed by atoms with Crippen molar-refractivity contribution in [2.24, 2.45) is 5.73 Å². The van der Waals surface area contributed by atoms with Gasteiger partial charge in [-0.2, -0.15) is 0 Å². The van der Waals surface area contributed by atoms with Crippen molar-refractivity contribution in [2.75, 3.05) is 85.6 Å². The monoisotopic (exact) mass is 525 g/mol. The Morgan fingerprint density at radius 1 is 1.03 bits per heavy atom. The summed E-state index contributed by atoms with van der Waals surface area (Å²) in [6.45, 7) is 13.0. The van der Waals surface area contributed by atoms with Crippen molar-refractivity contribution in [3.8, 4) is 0 Å². The first-order chi connectivity index (χ1) is 17.4. The number of carbonyl (C=O) groups is 3. The molecule has 2 unspecified atom stereocenters. The zero-order chi connectivity index (χ0) is 27.2. The van der Waals surface area contributed by atoms with Gasteiger partial charge in [-0.15, -0.1) is 0 Å². The fourth-order valence-electron chi connectivity index (χ4n) is 4.85. The number of hydrogen-bond acceptors (Lipinski definition) is 10. The predicted octanol–water partition coefficient (Wildman–Crippen LogP) is -0.155. The molecule has 0 saturated carbocycles. The maximum atomic E-state index is 12.6. The van der Waals surface area contributed by atoms with Crippen LogP contribution in [0.2, 0.25) is 0 Å². The molecule has 0 aromatic heterocycles. The summed E-state index contributed by atoms with van der Waals surface area (Å²) in [5.74, 6) is -0.289. The molecule has 3 aliphatic heterocycles. The molecule has 3 aliphatic rings. The lowest BCUT2D eigenvalue weighted by atomic mass is 10.1. The van der Waals surface area contributed by atoms with Gasteiger partial charge in [0.15, 0.2) is 0 Å². The molecule has 37 heavy (non-hydrogen) atoms. The summed E-state index contributed by atoms with van der Waals surface area (Å²) in [5.41, 5.74) is 5.19. The first-order valence-electron chi connectivity index (χ1n) is 13.0. The van der Waals surface area contributed by atoms with E-state index < -0.39 is 17.7 Å². The van der Waals surface area contributed by atoms with E-state index in [1.165, 1.54) is 12.0 Å². The zero-order valence-corrected chi connectivity index (χ0v) is 22.6. The van der Waals surface area contributed by atoms with E-state index in [1.807, 2.05) is 20.8 Å². The second-order valence-corrected chi connectivity index (χ2v) is 10.9. The van der Waals surface area contributed by atoms with E-state index in [0.717, 1.165) is 39.1 Å². The summed E-state index contributed by atoms with van der Waals surface area (Å²) in [5, 5.41) is 7.96. The largest absolute Gasteiger partial charge is 0.468 e. The molecule has 3 saturated heterocycles. The van der Waals surface area contributed by atoms with Crippen LogP contribution in [0.1, 0.15) is 27.2 Å². The van der Waals surface area contributed by atoms with E-state index in [4.69, 9.17) is 25.4 Å². The Morgan fingerprint density at radius 2 is 1.68 bits per heavy atom. The highest BCUT2D eigenvalue weighted by Gasteiger charge is 2.36. The van der Waals surface area contributed by atoms with Crippen molar-refractivity contribution >= 4 is 24.0 Å². The van der Waals surface area contributed by atoms with E-state index in [-0.39, 0.29) is 24.0 Å². The molecule has 3 heterocycles. The van der Waals surface area contributed by atoms with Gasteiger partial charge < -0.3 is 24.8 Å². The van der Waals surface area contributed by atoms with E-state index in [1.54, 1.807) is 4.90 Å². The Kier molecular flexibility index (Phi) is 9.96. The van der Waals surface area contributed by atoms with Crippen LogP contribution < -0.4 is 5.73 Å². The Labute approximate surface area is 219 Å². The number of amidine groups is 1. The first-order valence-corrected chi connectivity index (χ1v) is 13.0. The molecule has 210 valence electrons. The van der Waals surface area contributed by atoms with E-state index in [0.29, 0.717) is 45.8 Å². The van der Waals surface area contributed by atoms with Gasteiger partial charge in [0.1, 0.15) is 23.6 Å². The first kappa shape index (κ1) is 28.9. The average Bonchev–Trinajstić information content (AvgIpc) is 3.17. The Balaban J connectivity index is 1.37. The van der Waals surface area contributed by atoms with Gasteiger partial charge in [0.05, 0.1) is 20.2 Å². The van der Waals surface area contributed by atoms with Crippen molar-refractivity contribution in [1.29, 1.82) is 5.41 Å². The molecule has 2 atom stereocenters. The maximum absolute atomic E-state index is 12.6. The van der Waals surface area contributed by atoms with Crippen LogP contribution in [0.4, 0.5) is 9.59 Å². The summed E-state index contributed by atoms with van der Waals surface area (Å²) in [7, 11) is 1.40. The molecule has 0 aromatic carbocycles. The molecule has 0 aromatic rings. The van der Waals surface area contributed by atoms with Crippen LogP contribution >= 0.6 is 0 Å². The molecule has 0 bridgehead atoms. The molecular formula is C24H43N7O6. The number of ether oxygens (including phenoxy) is 3. The quantitative estimate of drug-likeness (QED) is 0.180. The third-order valence-corrected chi connectivity index (χ3v) is 6.81. The highest BCUT2D eigenvalue weighted by Crippen LogP contribution is 2.18. The summed E-state index contributed by atoms with van der Waals surface area (Å²) in [4.78, 5) is 46.2. The van der Waals surface area contributed by atoms with Gasteiger partial charge in [-0.1, -0.05) is 0 Å². The SMILES string of the molecule is COC(=O)CN1CCN(CC2CN(CCCN3CCN(C(=O)OC(C)(C)C)C(C(=N)N)C3)C(=O)O2)CC1. The van der Waals surface area contributed by atoms with Crippen molar-refractivity contribution in [2.45, 2.75) is 44.9 Å². The second-order valence-electron chi connectivity index (χ2n) is 10.9. The maximum Gasteiger partial charge on any atom is 0.411 e. The van der Waals surface area contributed by atoms with Crippen molar-refractivity contribution < 1.29 is 28.6 Å². The molecule has 3 N–H and O–H groups in total. The number of carbonyl (C=O) groups excluding carboxylic acids is 3. The predicted molar refractivity (Wildman–Crippen MR) is 136 cm³/mol. The van der Waals surface area contributed by atoms with Gasteiger partial charge in [0, 0.05) is 58.9 Å². The minimum atomic E-state index is -0.614. The summed E-state index contributed by atoms with van der Waals surface area (Å²) in [6.07, 6.45) is -0.154. The number of esters is 1. The highest BCUT2D eigenvalue weighted by atomic mass is 16.6. The summed E-state index contributed by atoms with van der Waals surface area (Å²) < 4.78 is 15.8. The normalized spacial score (nSPS) is 24.2. The minimum Gasteiger partial charge on any atom is -0.468 e. The lowest BCUT2D eigenvalue weighted by Crippen LogP contribution is -2.60. The number of methoxy groups -OCH3 is 1. The zero-order valence-electron chi connectivity index (χ0n) is 22.6. The van der Waals surface area contributed by atoms with Crippen LogP contribution in [-0.4, -0.2) is 152 Å². The fraction of sp³-hybridized carbons (Fsp3) is 0.833. The van der Waals surface area contributed by atoms with Gasteiger partial charge in [-0.05, 0) is 33.7 Å². The van der Waals surface area contributed by atoms with Crippen molar-refractivity contribution in [3.63, 3.8) is 0 Å². The molecular weight excluding hydrogens is 482 g/mol. The molecule has 0 spiro atoms. The topological polar surface area (TPSA) is 145 Å². The van der Waals surface area contributed by atoms with Crippen LogP contribution in [-0.2, 0) is 19.0 Å². The third-order valence-electron chi connectivity index (χ3n) is 6.81. The number of nitrogens with zero attached hydrogens (tertiary/aromatic N) is 5. The van der Waals surface area contributed by atoms with Crippen LogP contribution in [0.5, 0.6) is 0 Å². The number of cyclic esters (lactones) is 1. The fourth-order valence-corrected chi connectivity index (χ4v) is 4.85. The number of nitrogens with two attached hydrogens (primary N) is 1. The van der Waals surface area contributed by atoms with Gasteiger partial charge in [-0.3, -0.25) is 29.8 Å². The summed E-state index contributed by atoms with van der Waals surface area (Å²) >= 11 is 0. The van der Waals surface area contributed by atoms with Gasteiger partial charge >= 0.3 is 18.2 Å². The van der Waals surface area contributed by atoms with E-state index in [2.05, 4.69) is 14.7 Å². The lowest BCUT2D eigenvalue weighted by Gasteiger charge is -2.41. The molecule has 13 nitrogen and oxygen atoms in total. The smallest absolute Gasteiger partial charge is 0.411 e. The molecule has 3 rings (SSSR count). The third kappa shape index (κ3) is 8.71. The second kappa shape index (κ2) is 12.7. The number of nitrogens with one attached hydrogen (secondary N) is 1. The molecule has 3 fully saturated rings. The van der Waals surface area contributed by atoms with Crippen molar-refractivity contribution in [1.82, 2.24) is 24.5 Å². The average molecular weight is 526 g/mol. The number of piperazine rings is 2. The molecule has 0 aliphatic carbocycles. The van der Waals surface area contributed by atoms with Crippen LogP contribution in [0.3, 0.4) is 0 Å². The standard InChI is InChI=1S/C24H43N7O6/c1-24(2,3)37-23(34)31-13-12-27(16-19(31)21(25)26)6-5-7-30-15-18(36-22(30)33)14-28-8-10-29(11-9-28)17-20(32)35-4/h18-19H,5-17H2,1-4H3,(H3,25,26). The minimum absolute atomic E-state index is 0.0624. The van der Waals surface area contributed by atoms with E-state index in [9.17, 15) is 14.4 Å². The number of hydrogen-bond donors (Lipinski definition) is 2. The Hall–Kier alpha value is -2.64. The number of amides is 2. The van der Waals surface area contributed by atoms with Crippen LogP contribution in [0, 0.1) is 5.41 Å². The Morgan fingerprint density at radius 3 is 2.30 bits per heavy atom. The van der Waals surface area contributed by atoms with E-state index >= 15 is 0 Å². The Bertz CT molecular complexity index is 827. The number of rotatable bonds is 9. The molecule has 2 amide bonds. The summed E-state index contributed by atoms with van der Waals surface area (Å²) in [6, 6.07) is -0.530. The molecule has 13 heteroatoms. The van der Waals surface area contributed by atoms with Gasteiger partial charge in [0.25, 0.3) is 0 Å². The highest BCUT2D eigenvalue weighted by molar-refractivity contribution is 5.87. The lowest BCUT2D eigenvalue weighted by molar-refractivity contribution is -0.142. The molecule has 0 radical (unpaired) electrons. The van der Waals surface area contributed by atoms with Crippen LogP contribution in [0.25, 0.3) is 0 Å². The van der Waals surface area contributed by atoms with Crippen LogP contribution in [0.15, 0.2) is 0 Å².